The maximum absolute atomic E-state index is 5.45. The van der Waals surface area contributed by atoms with E-state index in [2.05, 4.69) is 19.2 Å². The summed E-state index contributed by atoms with van der Waals surface area (Å²) in [6.45, 7) is 8.42. The highest BCUT2D eigenvalue weighted by Crippen LogP contribution is 2.17. The van der Waals surface area contributed by atoms with Gasteiger partial charge in [0, 0.05) is 12.6 Å². The van der Waals surface area contributed by atoms with Crippen LogP contribution in [0.4, 0.5) is 0 Å². The van der Waals surface area contributed by atoms with Crippen molar-refractivity contribution in [1.29, 1.82) is 0 Å². The average Bonchev–Trinajstić information content (AvgIpc) is 1.85. The van der Waals surface area contributed by atoms with Crippen LogP contribution in [0.1, 0.15) is 20.8 Å². The first-order chi connectivity index (χ1) is 4.75. The van der Waals surface area contributed by atoms with Crippen LogP contribution in [-0.4, -0.2) is 25.3 Å². The first kappa shape index (κ1) is 8.02. The Morgan fingerprint density at radius 2 is 2.40 bits per heavy atom. The molecule has 2 heteroatoms. The second kappa shape index (κ2) is 3.35. The van der Waals surface area contributed by atoms with E-state index in [1.807, 2.05) is 6.92 Å². The highest BCUT2D eigenvalue weighted by molar-refractivity contribution is 4.89. The molecule has 0 aliphatic carbocycles. The van der Waals surface area contributed by atoms with Gasteiger partial charge in [-0.2, -0.15) is 0 Å². The molecule has 0 radical (unpaired) electrons. The van der Waals surface area contributed by atoms with Gasteiger partial charge in [-0.05, 0) is 26.3 Å². The van der Waals surface area contributed by atoms with Crippen molar-refractivity contribution in [3.63, 3.8) is 0 Å². The van der Waals surface area contributed by atoms with Crippen molar-refractivity contribution in [3.05, 3.63) is 0 Å². The van der Waals surface area contributed by atoms with Crippen molar-refractivity contribution >= 4 is 0 Å². The number of hydrogen-bond donors (Lipinski definition) is 1. The molecule has 0 bridgehead atoms. The molecular weight excluding hydrogens is 126 g/mol. The summed E-state index contributed by atoms with van der Waals surface area (Å²) in [7, 11) is 0. The van der Waals surface area contributed by atoms with E-state index in [0.717, 1.165) is 19.1 Å². The third kappa shape index (κ3) is 1.50. The molecule has 1 saturated heterocycles. The molecule has 0 saturated carbocycles. The Hall–Kier alpha value is -0.0800. The van der Waals surface area contributed by atoms with Gasteiger partial charge in [-0.25, -0.2) is 0 Å². The Kier molecular flexibility index (Phi) is 2.69. The number of ether oxygens (including phenoxy) is 1. The molecule has 60 valence electrons. The summed E-state index contributed by atoms with van der Waals surface area (Å²) in [6, 6.07) is 0.597. The van der Waals surface area contributed by atoms with Crippen molar-refractivity contribution in [1.82, 2.24) is 5.32 Å². The summed E-state index contributed by atoms with van der Waals surface area (Å²) < 4.78 is 5.45. The largest absolute Gasteiger partial charge is 0.377 e. The van der Waals surface area contributed by atoms with Gasteiger partial charge < -0.3 is 10.1 Å². The fraction of sp³-hybridized carbons (Fsp3) is 1.00. The summed E-state index contributed by atoms with van der Waals surface area (Å²) >= 11 is 0. The number of nitrogens with one attached hydrogen (secondary N) is 1. The first-order valence-electron chi connectivity index (χ1n) is 4.10. The van der Waals surface area contributed by atoms with Crippen LogP contribution in [0.5, 0.6) is 0 Å². The molecule has 2 nitrogen and oxygen atoms in total. The summed E-state index contributed by atoms with van der Waals surface area (Å²) in [5.74, 6) is 0.793. The van der Waals surface area contributed by atoms with E-state index in [9.17, 15) is 0 Å². The SMILES string of the molecule is CCOC(C)C1NCC1C. The maximum Gasteiger partial charge on any atom is 0.0702 e. The highest BCUT2D eigenvalue weighted by Gasteiger charge is 2.30. The Bertz CT molecular complexity index is 105. The topological polar surface area (TPSA) is 21.3 Å². The number of rotatable bonds is 3. The molecule has 1 aliphatic rings. The quantitative estimate of drug-likeness (QED) is 0.637. The van der Waals surface area contributed by atoms with E-state index < -0.39 is 0 Å². The lowest BCUT2D eigenvalue weighted by atomic mass is 9.90. The average molecular weight is 143 g/mol. The predicted molar refractivity (Wildman–Crippen MR) is 42.0 cm³/mol. The van der Waals surface area contributed by atoms with Crippen molar-refractivity contribution < 1.29 is 4.74 Å². The molecule has 1 heterocycles. The Morgan fingerprint density at radius 1 is 1.70 bits per heavy atom. The van der Waals surface area contributed by atoms with Crippen molar-refractivity contribution in [2.45, 2.75) is 32.9 Å². The summed E-state index contributed by atoms with van der Waals surface area (Å²) in [6.07, 6.45) is 0.383. The zero-order chi connectivity index (χ0) is 7.56. The molecule has 3 unspecified atom stereocenters. The fourth-order valence-electron chi connectivity index (χ4n) is 1.48. The van der Waals surface area contributed by atoms with Gasteiger partial charge in [0.25, 0.3) is 0 Å². The van der Waals surface area contributed by atoms with E-state index in [1.54, 1.807) is 0 Å². The van der Waals surface area contributed by atoms with Gasteiger partial charge in [-0.15, -0.1) is 0 Å². The molecule has 0 aromatic heterocycles. The van der Waals surface area contributed by atoms with Gasteiger partial charge in [-0.3, -0.25) is 0 Å². The van der Waals surface area contributed by atoms with Crippen LogP contribution in [0, 0.1) is 5.92 Å². The minimum Gasteiger partial charge on any atom is -0.377 e. The lowest BCUT2D eigenvalue weighted by Crippen LogP contribution is -2.57. The third-order valence-electron chi connectivity index (χ3n) is 2.22. The van der Waals surface area contributed by atoms with E-state index >= 15 is 0 Å². The molecule has 0 aromatic rings. The standard InChI is InChI=1S/C8H17NO/c1-4-10-7(3)8-6(2)5-9-8/h6-9H,4-5H2,1-3H3. The molecule has 3 atom stereocenters. The summed E-state index contributed by atoms with van der Waals surface area (Å²) in [4.78, 5) is 0. The Labute approximate surface area is 63.0 Å². The van der Waals surface area contributed by atoms with E-state index in [1.165, 1.54) is 0 Å². The minimum atomic E-state index is 0.383. The van der Waals surface area contributed by atoms with Crippen LogP contribution in [-0.2, 0) is 4.74 Å². The fourth-order valence-corrected chi connectivity index (χ4v) is 1.48. The monoisotopic (exact) mass is 143 g/mol. The zero-order valence-corrected chi connectivity index (χ0v) is 7.05. The van der Waals surface area contributed by atoms with E-state index in [-0.39, 0.29) is 0 Å². The van der Waals surface area contributed by atoms with Gasteiger partial charge >= 0.3 is 0 Å². The van der Waals surface area contributed by atoms with Crippen molar-refractivity contribution in [2.75, 3.05) is 13.2 Å². The second-order valence-electron chi connectivity index (χ2n) is 3.07. The van der Waals surface area contributed by atoms with Crippen LogP contribution in [0.3, 0.4) is 0 Å². The molecule has 10 heavy (non-hydrogen) atoms. The smallest absolute Gasteiger partial charge is 0.0702 e. The molecule has 0 amide bonds. The van der Waals surface area contributed by atoms with Gasteiger partial charge in [0.05, 0.1) is 6.10 Å². The van der Waals surface area contributed by atoms with Gasteiger partial charge in [-0.1, -0.05) is 6.92 Å². The predicted octanol–water partition coefficient (Wildman–Crippen LogP) is 1.02. The van der Waals surface area contributed by atoms with Crippen molar-refractivity contribution in [3.8, 4) is 0 Å². The molecule has 0 aromatic carbocycles. The van der Waals surface area contributed by atoms with Gasteiger partial charge in [0.1, 0.15) is 0 Å². The first-order valence-corrected chi connectivity index (χ1v) is 4.10. The normalized spacial score (nSPS) is 35.1. The molecule has 1 N–H and O–H groups in total. The van der Waals surface area contributed by atoms with Crippen LogP contribution in [0.15, 0.2) is 0 Å². The maximum atomic E-state index is 5.45. The highest BCUT2D eigenvalue weighted by atomic mass is 16.5. The lowest BCUT2D eigenvalue weighted by Gasteiger charge is -2.39. The molecule has 0 spiro atoms. The summed E-state index contributed by atoms with van der Waals surface area (Å²) in [5.41, 5.74) is 0. The minimum absolute atomic E-state index is 0.383. The Morgan fingerprint density at radius 3 is 2.70 bits per heavy atom. The zero-order valence-electron chi connectivity index (χ0n) is 7.05. The Balaban J connectivity index is 2.20. The van der Waals surface area contributed by atoms with Crippen LogP contribution in [0.25, 0.3) is 0 Å². The summed E-state index contributed by atoms with van der Waals surface area (Å²) in [5, 5.41) is 3.35. The van der Waals surface area contributed by atoms with E-state index in [0.29, 0.717) is 12.1 Å². The van der Waals surface area contributed by atoms with Crippen LogP contribution >= 0.6 is 0 Å². The van der Waals surface area contributed by atoms with Crippen LogP contribution in [0.2, 0.25) is 0 Å². The van der Waals surface area contributed by atoms with Gasteiger partial charge in [0.2, 0.25) is 0 Å². The second-order valence-corrected chi connectivity index (χ2v) is 3.07. The lowest BCUT2D eigenvalue weighted by molar-refractivity contribution is 0.00707. The van der Waals surface area contributed by atoms with E-state index in [4.69, 9.17) is 4.74 Å². The molecule has 1 fully saturated rings. The third-order valence-corrected chi connectivity index (χ3v) is 2.22. The number of hydrogen-bond acceptors (Lipinski definition) is 2. The molecule has 1 rings (SSSR count). The van der Waals surface area contributed by atoms with Crippen molar-refractivity contribution in [2.24, 2.45) is 5.92 Å². The molecule has 1 aliphatic heterocycles. The molecular formula is C8H17NO. The van der Waals surface area contributed by atoms with Gasteiger partial charge in [0.15, 0.2) is 0 Å². The van der Waals surface area contributed by atoms with Crippen LogP contribution < -0.4 is 5.32 Å².